The summed E-state index contributed by atoms with van der Waals surface area (Å²) >= 11 is 0. The van der Waals surface area contributed by atoms with Gasteiger partial charge < -0.3 is 9.53 Å². The van der Waals surface area contributed by atoms with Gasteiger partial charge in [-0.15, -0.1) is 0 Å². The monoisotopic (exact) mass is 182 g/mol. The minimum atomic E-state index is -0.126. The van der Waals surface area contributed by atoms with Crippen molar-refractivity contribution in [1.82, 2.24) is 0 Å². The molecule has 0 N–H and O–H groups in total. The fourth-order valence-corrected chi connectivity index (χ4v) is 2.98. The highest BCUT2D eigenvalue weighted by Gasteiger charge is 2.49. The number of hydrogen-bond acceptors (Lipinski definition) is 3. The second kappa shape index (κ2) is 3.13. The summed E-state index contributed by atoms with van der Waals surface area (Å²) in [7, 11) is 1.42. The Morgan fingerprint density at radius 3 is 2.69 bits per heavy atom. The third-order valence-electron chi connectivity index (χ3n) is 3.54. The summed E-state index contributed by atoms with van der Waals surface area (Å²) in [5, 5.41) is 0. The van der Waals surface area contributed by atoms with Gasteiger partial charge in [-0.3, -0.25) is 4.79 Å². The molecule has 0 saturated heterocycles. The second-order valence-electron chi connectivity index (χ2n) is 4.17. The highest BCUT2D eigenvalue weighted by molar-refractivity contribution is 5.74. The van der Waals surface area contributed by atoms with Gasteiger partial charge in [0.2, 0.25) is 0 Å². The molecule has 0 heterocycles. The molecule has 4 unspecified atom stereocenters. The van der Waals surface area contributed by atoms with Crippen molar-refractivity contribution in [3.05, 3.63) is 0 Å². The first-order valence-electron chi connectivity index (χ1n) is 4.79. The molecule has 4 atom stereocenters. The highest BCUT2D eigenvalue weighted by atomic mass is 16.5. The molecule has 0 aromatic carbocycles. The van der Waals surface area contributed by atoms with E-state index < -0.39 is 0 Å². The van der Waals surface area contributed by atoms with Crippen LogP contribution in [0, 0.1) is 23.7 Å². The van der Waals surface area contributed by atoms with Crippen LogP contribution in [0.4, 0.5) is 0 Å². The molecular formula is C10H14O3. The normalized spacial score (nSPS) is 41.9. The molecule has 2 bridgehead atoms. The van der Waals surface area contributed by atoms with E-state index in [1.54, 1.807) is 0 Å². The molecule has 13 heavy (non-hydrogen) atoms. The number of aldehydes is 1. The third kappa shape index (κ3) is 1.26. The van der Waals surface area contributed by atoms with Crippen LogP contribution in [0.25, 0.3) is 0 Å². The largest absolute Gasteiger partial charge is 0.469 e. The first kappa shape index (κ1) is 8.73. The average molecular weight is 182 g/mol. The van der Waals surface area contributed by atoms with E-state index in [0.29, 0.717) is 5.92 Å². The van der Waals surface area contributed by atoms with E-state index in [1.807, 2.05) is 0 Å². The summed E-state index contributed by atoms with van der Waals surface area (Å²) < 4.78 is 4.72. The Labute approximate surface area is 77.4 Å². The third-order valence-corrected chi connectivity index (χ3v) is 3.54. The number of hydrogen-bond donors (Lipinski definition) is 0. The van der Waals surface area contributed by atoms with Crippen molar-refractivity contribution in [2.45, 2.75) is 19.3 Å². The Balaban J connectivity index is 2.09. The van der Waals surface area contributed by atoms with E-state index in [1.165, 1.54) is 7.11 Å². The molecule has 0 aromatic rings. The van der Waals surface area contributed by atoms with Gasteiger partial charge in [0.05, 0.1) is 13.0 Å². The number of rotatable bonds is 2. The molecule has 2 fully saturated rings. The van der Waals surface area contributed by atoms with Crippen molar-refractivity contribution in [3.8, 4) is 0 Å². The van der Waals surface area contributed by atoms with Gasteiger partial charge in [0, 0.05) is 5.92 Å². The molecule has 0 aromatic heterocycles. The lowest BCUT2D eigenvalue weighted by Crippen LogP contribution is -2.28. The molecule has 2 saturated carbocycles. The maximum absolute atomic E-state index is 11.3. The second-order valence-corrected chi connectivity index (χ2v) is 4.17. The van der Waals surface area contributed by atoms with E-state index in [4.69, 9.17) is 4.74 Å². The topological polar surface area (TPSA) is 43.4 Å². The first-order valence-corrected chi connectivity index (χ1v) is 4.79. The molecule has 0 aliphatic heterocycles. The van der Waals surface area contributed by atoms with E-state index in [-0.39, 0.29) is 23.7 Å². The molecule has 2 aliphatic carbocycles. The van der Waals surface area contributed by atoms with Crippen LogP contribution in [-0.2, 0) is 14.3 Å². The van der Waals surface area contributed by atoms with Crippen LogP contribution in [0.2, 0.25) is 0 Å². The van der Waals surface area contributed by atoms with Crippen molar-refractivity contribution in [2.75, 3.05) is 7.11 Å². The van der Waals surface area contributed by atoms with Crippen molar-refractivity contribution in [2.24, 2.45) is 23.7 Å². The summed E-state index contributed by atoms with van der Waals surface area (Å²) in [5.41, 5.74) is 0. The predicted molar refractivity (Wildman–Crippen MR) is 45.9 cm³/mol. The Bertz CT molecular complexity index is 236. The molecule has 0 radical (unpaired) electrons. The number of carbonyl (C=O) groups is 2. The quantitative estimate of drug-likeness (QED) is 0.473. The Hall–Kier alpha value is -0.860. The van der Waals surface area contributed by atoms with Crippen molar-refractivity contribution >= 4 is 12.3 Å². The molecule has 3 heteroatoms. The average Bonchev–Trinajstić information content (AvgIpc) is 2.74. The van der Waals surface area contributed by atoms with E-state index in [2.05, 4.69) is 0 Å². The van der Waals surface area contributed by atoms with Crippen LogP contribution in [0.5, 0.6) is 0 Å². The number of ether oxygens (including phenoxy) is 1. The Morgan fingerprint density at radius 2 is 2.15 bits per heavy atom. The minimum absolute atomic E-state index is 0.000972. The molecule has 3 nitrogen and oxygen atoms in total. The van der Waals surface area contributed by atoms with Crippen LogP contribution in [0.15, 0.2) is 0 Å². The smallest absolute Gasteiger partial charge is 0.308 e. The van der Waals surface area contributed by atoms with Gasteiger partial charge in [-0.2, -0.15) is 0 Å². The Morgan fingerprint density at radius 1 is 1.38 bits per heavy atom. The maximum Gasteiger partial charge on any atom is 0.308 e. The number of carbonyl (C=O) groups excluding carboxylic acids is 2. The van der Waals surface area contributed by atoms with E-state index in [9.17, 15) is 9.59 Å². The minimum Gasteiger partial charge on any atom is -0.469 e. The van der Waals surface area contributed by atoms with Crippen LogP contribution in [0.3, 0.4) is 0 Å². The zero-order valence-corrected chi connectivity index (χ0v) is 7.73. The molecule has 0 spiro atoms. The number of methoxy groups -OCH3 is 1. The molecule has 2 aliphatic rings. The van der Waals surface area contributed by atoms with Crippen LogP contribution >= 0.6 is 0 Å². The van der Waals surface area contributed by atoms with Gasteiger partial charge in [0.25, 0.3) is 0 Å². The van der Waals surface area contributed by atoms with E-state index >= 15 is 0 Å². The molecule has 2 rings (SSSR count). The van der Waals surface area contributed by atoms with Crippen molar-refractivity contribution in [3.63, 3.8) is 0 Å². The van der Waals surface area contributed by atoms with Crippen molar-refractivity contribution < 1.29 is 14.3 Å². The van der Waals surface area contributed by atoms with Crippen LogP contribution < -0.4 is 0 Å². The summed E-state index contributed by atoms with van der Waals surface area (Å²) in [6.45, 7) is 0. The lowest BCUT2D eigenvalue weighted by atomic mass is 9.81. The van der Waals surface area contributed by atoms with Gasteiger partial charge in [0.15, 0.2) is 0 Å². The van der Waals surface area contributed by atoms with Crippen LogP contribution in [-0.4, -0.2) is 19.4 Å². The van der Waals surface area contributed by atoms with E-state index in [0.717, 1.165) is 25.5 Å². The fraction of sp³-hybridized carbons (Fsp3) is 0.800. The molecule has 72 valence electrons. The lowest BCUT2D eigenvalue weighted by molar-refractivity contribution is -0.148. The standard InChI is InChI=1S/C10H14O3/c1-13-10(12)9-4-6-2-7(5-11)8(9)3-6/h5-9H,2-4H2,1H3. The summed E-state index contributed by atoms with van der Waals surface area (Å²) in [4.78, 5) is 22.0. The van der Waals surface area contributed by atoms with Crippen LogP contribution in [0.1, 0.15) is 19.3 Å². The van der Waals surface area contributed by atoms with Gasteiger partial charge in [-0.25, -0.2) is 0 Å². The lowest BCUT2D eigenvalue weighted by Gasteiger charge is -2.23. The highest BCUT2D eigenvalue weighted by Crippen LogP contribution is 2.51. The predicted octanol–water partition coefficient (Wildman–Crippen LogP) is 1.02. The van der Waals surface area contributed by atoms with Gasteiger partial charge in [-0.1, -0.05) is 0 Å². The SMILES string of the molecule is COC(=O)C1CC2CC(C=O)C1C2. The Kier molecular flexibility index (Phi) is 2.10. The molecular weight excluding hydrogens is 168 g/mol. The van der Waals surface area contributed by atoms with Gasteiger partial charge in [-0.05, 0) is 31.1 Å². The zero-order valence-electron chi connectivity index (χ0n) is 7.73. The van der Waals surface area contributed by atoms with Gasteiger partial charge in [0.1, 0.15) is 6.29 Å². The first-order chi connectivity index (χ1) is 6.26. The van der Waals surface area contributed by atoms with Gasteiger partial charge >= 0.3 is 5.97 Å². The zero-order chi connectivity index (χ0) is 9.42. The summed E-state index contributed by atoms with van der Waals surface area (Å²) in [6, 6.07) is 0. The van der Waals surface area contributed by atoms with Crippen molar-refractivity contribution in [1.29, 1.82) is 0 Å². The fourth-order valence-electron chi connectivity index (χ4n) is 2.98. The summed E-state index contributed by atoms with van der Waals surface area (Å²) in [5.74, 6) is 0.847. The maximum atomic E-state index is 11.3. The molecule has 0 amide bonds. The summed E-state index contributed by atoms with van der Waals surface area (Å²) in [6.07, 6.45) is 3.98. The number of fused-ring (bicyclic) bond motifs is 2. The number of esters is 1.